The Bertz CT molecular complexity index is 522. The predicted molar refractivity (Wildman–Crippen MR) is 74.6 cm³/mol. The summed E-state index contributed by atoms with van der Waals surface area (Å²) >= 11 is 0. The molecule has 116 valence electrons. The van der Waals surface area contributed by atoms with Crippen molar-refractivity contribution in [3.8, 4) is 0 Å². The molecule has 6 heteroatoms. The SMILES string of the molecule is CN(C)CCC(=O)N1CC(O)CC1c1cc(F)ccc1F. The molecule has 2 unspecified atom stereocenters. The molecule has 0 spiro atoms. The van der Waals surface area contributed by atoms with Crippen molar-refractivity contribution in [3.05, 3.63) is 35.4 Å². The Hall–Kier alpha value is -1.53. The van der Waals surface area contributed by atoms with E-state index in [1.807, 2.05) is 19.0 Å². The summed E-state index contributed by atoms with van der Waals surface area (Å²) in [6.07, 6.45) is -0.192. The first kappa shape index (κ1) is 15.9. The summed E-state index contributed by atoms with van der Waals surface area (Å²) in [6, 6.07) is 2.59. The third kappa shape index (κ3) is 3.77. The van der Waals surface area contributed by atoms with Crippen LogP contribution < -0.4 is 0 Å². The van der Waals surface area contributed by atoms with Crippen LogP contribution in [-0.2, 0) is 4.79 Å². The van der Waals surface area contributed by atoms with Crippen molar-refractivity contribution < 1.29 is 18.7 Å². The summed E-state index contributed by atoms with van der Waals surface area (Å²) in [4.78, 5) is 15.6. The number of rotatable bonds is 4. The maximum absolute atomic E-state index is 13.9. The minimum atomic E-state index is -0.707. The van der Waals surface area contributed by atoms with Gasteiger partial charge in [0.15, 0.2) is 0 Å². The summed E-state index contributed by atoms with van der Waals surface area (Å²) in [5.74, 6) is -1.26. The molecule has 1 saturated heterocycles. The number of carbonyl (C=O) groups excluding carboxylic acids is 1. The Balaban J connectivity index is 2.20. The van der Waals surface area contributed by atoms with Gasteiger partial charge in [-0.2, -0.15) is 0 Å². The largest absolute Gasteiger partial charge is 0.391 e. The number of nitrogens with zero attached hydrogens (tertiary/aromatic N) is 2. The van der Waals surface area contributed by atoms with Gasteiger partial charge in [0, 0.05) is 25.1 Å². The molecule has 2 rings (SSSR count). The first-order valence-corrected chi connectivity index (χ1v) is 6.95. The number of likely N-dealkylation sites (tertiary alicyclic amines) is 1. The van der Waals surface area contributed by atoms with Crippen LogP contribution in [0.4, 0.5) is 8.78 Å². The second kappa shape index (κ2) is 6.49. The van der Waals surface area contributed by atoms with Gasteiger partial charge in [-0.1, -0.05) is 0 Å². The Morgan fingerprint density at radius 1 is 1.43 bits per heavy atom. The molecule has 1 amide bonds. The van der Waals surface area contributed by atoms with E-state index < -0.39 is 23.8 Å². The summed E-state index contributed by atoms with van der Waals surface area (Å²) in [6.45, 7) is 0.733. The van der Waals surface area contributed by atoms with Gasteiger partial charge >= 0.3 is 0 Å². The fourth-order valence-corrected chi connectivity index (χ4v) is 2.62. The van der Waals surface area contributed by atoms with Crippen molar-refractivity contribution in [2.75, 3.05) is 27.2 Å². The third-order valence-electron chi connectivity index (χ3n) is 3.69. The monoisotopic (exact) mass is 298 g/mol. The highest BCUT2D eigenvalue weighted by molar-refractivity contribution is 5.77. The van der Waals surface area contributed by atoms with Crippen LogP contribution in [0.2, 0.25) is 0 Å². The standard InChI is InChI=1S/C15H20F2N2O2/c1-18(2)6-5-15(21)19-9-11(20)8-14(19)12-7-10(16)3-4-13(12)17/h3-4,7,11,14,20H,5-6,8-9H2,1-2H3. The van der Waals surface area contributed by atoms with E-state index >= 15 is 0 Å². The van der Waals surface area contributed by atoms with Crippen molar-refractivity contribution in [3.63, 3.8) is 0 Å². The van der Waals surface area contributed by atoms with Crippen molar-refractivity contribution >= 4 is 5.91 Å². The van der Waals surface area contributed by atoms with Gasteiger partial charge in [-0.15, -0.1) is 0 Å². The van der Waals surface area contributed by atoms with E-state index in [9.17, 15) is 18.7 Å². The van der Waals surface area contributed by atoms with Gasteiger partial charge < -0.3 is 14.9 Å². The first-order valence-electron chi connectivity index (χ1n) is 6.95. The van der Waals surface area contributed by atoms with Gasteiger partial charge in [0.25, 0.3) is 0 Å². The van der Waals surface area contributed by atoms with Gasteiger partial charge in [0.05, 0.1) is 12.1 Å². The van der Waals surface area contributed by atoms with Crippen molar-refractivity contribution in [1.82, 2.24) is 9.80 Å². The van der Waals surface area contributed by atoms with Crippen LogP contribution in [0.25, 0.3) is 0 Å². The first-order chi connectivity index (χ1) is 9.88. The van der Waals surface area contributed by atoms with Crippen LogP contribution in [0, 0.1) is 11.6 Å². The topological polar surface area (TPSA) is 43.8 Å². The molecule has 21 heavy (non-hydrogen) atoms. The van der Waals surface area contributed by atoms with Crippen molar-refractivity contribution in [2.24, 2.45) is 0 Å². The molecule has 1 fully saturated rings. The minimum Gasteiger partial charge on any atom is -0.391 e. The van der Waals surface area contributed by atoms with Gasteiger partial charge in [0.2, 0.25) is 5.91 Å². The summed E-state index contributed by atoms with van der Waals surface area (Å²) in [5, 5.41) is 9.80. The average molecular weight is 298 g/mol. The fourth-order valence-electron chi connectivity index (χ4n) is 2.62. The molecular weight excluding hydrogens is 278 g/mol. The zero-order chi connectivity index (χ0) is 15.6. The van der Waals surface area contributed by atoms with E-state index in [1.54, 1.807) is 0 Å². The van der Waals surface area contributed by atoms with Crippen LogP contribution >= 0.6 is 0 Å². The fraction of sp³-hybridized carbons (Fsp3) is 0.533. The highest BCUT2D eigenvalue weighted by Crippen LogP contribution is 2.34. The van der Waals surface area contributed by atoms with Gasteiger partial charge in [-0.3, -0.25) is 4.79 Å². The molecule has 0 bridgehead atoms. The molecule has 0 saturated carbocycles. The van der Waals surface area contributed by atoms with E-state index in [-0.39, 0.29) is 30.9 Å². The molecule has 4 nitrogen and oxygen atoms in total. The molecular formula is C15H20F2N2O2. The summed E-state index contributed by atoms with van der Waals surface area (Å²) < 4.78 is 27.2. The van der Waals surface area contributed by atoms with E-state index in [4.69, 9.17) is 0 Å². The minimum absolute atomic E-state index is 0.129. The molecule has 1 aliphatic rings. The zero-order valence-corrected chi connectivity index (χ0v) is 12.2. The molecule has 1 aromatic rings. The third-order valence-corrected chi connectivity index (χ3v) is 3.69. The highest BCUT2D eigenvalue weighted by atomic mass is 19.1. The number of hydrogen-bond acceptors (Lipinski definition) is 3. The Labute approximate surface area is 123 Å². The number of benzene rings is 1. The molecule has 1 heterocycles. The number of amides is 1. The van der Waals surface area contributed by atoms with Gasteiger partial charge in [0.1, 0.15) is 11.6 Å². The Morgan fingerprint density at radius 2 is 2.14 bits per heavy atom. The number of halogens is 2. The second-order valence-corrected chi connectivity index (χ2v) is 5.67. The van der Waals surface area contributed by atoms with Crippen LogP contribution in [-0.4, -0.2) is 54.1 Å². The molecule has 0 radical (unpaired) electrons. The van der Waals surface area contributed by atoms with E-state index in [1.165, 1.54) is 4.90 Å². The van der Waals surface area contributed by atoms with Gasteiger partial charge in [-0.25, -0.2) is 8.78 Å². The van der Waals surface area contributed by atoms with Crippen LogP contribution in [0.1, 0.15) is 24.4 Å². The van der Waals surface area contributed by atoms with Crippen LogP contribution in [0.5, 0.6) is 0 Å². The maximum atomic E-state index is 13.9. The number of β-amino-alcohol motifs (C(OH)–C–C–N with tert-alkyl or cyclic N) is 1. The average Bonchev–Trinajstić information content (AvgIpc) is 2.80. The van der Waals surface area contributed by atoms with E-state index in [2.05, 4.69) is 0 Å². The Morgan fingerprint density at radius 3 is 2.81 bits per heavy atom. The molecule has 1 N–H and O–H groups in total. The lowest BCUT2D eigenvalue weighted by Crippen LogP contribution is -2.34. The van der Waals surface area contributed by atoms with E-state index in [0.29, 0.717) is 6.54 Å². The lowest BCUT2D eigenvalue weighted by Gasteiger charge is -2.25. The highest BCUT2D eigenvalue weighted by Gasteiger charge is 2.36. The quantitative estimate of drug-likeness (QED) is 0.917. The maximum Gasteiger partial charge on any atom is 0.224 e. The summed E-state index contributed by atoms with van der Waals surface area (Å²) in [7, 11) is 3.71. The molecule has 1 aliphatic heterocycles. The smallest absolute Gasteiger partial charge is 0.224 e. The molecule has 1 aromatic carbocycles. The lowest BCUT2D eigenvalue weighted by atomic mass is 10.0. The van der Waals surface area contributed by atoms with Crippen molar-refractivity contribution in [2.45, 2.75) is 25.0 Å². The molecule has 0 aliphatic carbocycles. The number of aliphatic hydroxyl groups excluding tert-OH is 1. The van der Waals surface area contributed by atoms with E-state index in [0.717, 1.165) is 18.2 Å². The number of aliphatic hydroxyl groups is 1. The Kier molecular flexibility index (Phi) is 4.90. The van der Waals surface area contributed by atoms with Crippen LogP contribution in [0.3, 0.4) is 0 Å². The second-order valence-electron chi connectivity index (χ2n) is 5.67. The normalized spacial score (nSPS) is 22.1. The molecule has 2 atom stereocenters. The van der Waals surface area contributed by atoms with Crippen LogP contribution in [0.15, 0.2) is 18.2 Å². The number of hydrogen-bond donors (Lipinski definition) is 1. The summed E-state index contributed by atoms with van der Waals surface area (Å²) in [5.41, 5.74) is 0.129. The zero-order valence-electron chi connectivity index (χ0n) is 12.2. The van der Waals surface area contributed by atoms with Crippen molar-refractivity contribution in [1.29, 1.82) is 0 Å². The molecule has 0 aromatic heterocycles. The predicted octanol–water partition coefficient (Wildman–Crippen LogP) is 1.55. The van der Waals surface area contributed by atoms with Gasteiger partial charge in [-0.05, 0) is 38.7 Å². The lowest BCUT2D eigenvalue weighted by molar-refractivity contribution is -0.132. The number of carbonyl (C=O) groups is 1.